The van der Waals surface area contributed by atoms with Crippen LogP contribution in [0.1, 0.15) is 26.2 Å². The lowest BCUT2D eigenvalue weighted by atomic mass is 10.1. The number of likely N-dealkylation sites (tertiary alicyclic amines) is 1. The molecule has 1 aliphatic rings. The fraction of sp³-hybridized carbons (Fsp3) is 0.571. The van der Waals surface area contributed by atoms with Crippen molar-refractivity contribution in [3.05, 3.63) is 29.0 Å². The van der Waals surface area contributed by atoms with Crippen LogP contribution in [0.5, 0.6) is 0 Å². The molecule has 1 aromatic carbocycles. The van der Waals surface area contributed by atoms with Gasteiger partial charge in [-0.1, -0.05) is 18.5 Å². The van der Waals surface area contributed by atoms with E-state index in [-0.39, 0.29) is 5.82 Å². The first-order valence-corrected chi connectivity index (χ1v) is 7.00. The van der Waals surface area contributed by atoms with E-state index in [0.717, 1.165) is 38.9 Å². The van der Waals surface area contributed by atoms with Gasteiger partial charge < -0.3 is 10.2 Å². The molecule has 1 saturated heterocycles. The molecule has 1 atom stereocenters. The fourth-order valence-electron chi connectivity index (χ4n) is 2.44. The largest absolute Gasteiger partial charge is 0.380 e. The SMILES string of the molecule is CCN1CCCC(Nc2cc(Cl)ccc2F)CC1. The monoisotopic (exact) mass is 270 g/mol. The van der Waals surface area contributed by atoms with Gasteiger partial charge in [0.1, 0.15) is 5.82 Å². The van der Waals surface area contributed by atoms with Gasteiger partial charge in [0.05, 0.1) is 5.69 Å². The van der Waals surface area contributed by atoms with Gasteiger partial charge in [0.15, 0.2) is 0 Å². The van der Waals surface area contributed by atoms with Crippen molar-refractivity contribution in [2.45, 2.75) is 32.2 Å². The van der Waals surface area contributed by atoms with E-state index in [4.69, 9.17) is 11.6 Å². The fourth-order valence-corrected chi connectivity index (χ4v) is 2.62. The van der Waals surface area contributed by atoms with Crippen LogP contribution in [-0.4, -0.2) is 30.6 Å². The third-order valence-electron chi connectivity index (χ3n) is 3.56. The number of halogens is 2. The van der Waals surface area contributed by atoms with Gasteiger partial charge in [0.25, 0.3) is 0 Å². The zero-order chi connectivity index (χ0) is 13.0. The quantitative estimate of drug-likeness (QED) is 0.900. The van der Waals surface area contributed by atoms with Gasteiger partial charge in [-0.3, -0.25) is 0 Å². The smallest absolute Gasteiger partial charge is 0.146 e. The van der Waals surface area contributed by atoms with Crippen LogP contribution in [0.3, 0.4) is 0 Å². The van der Waals surface area contributed by atoms with Crippen molar-refractivity contribution >= 4 is 17.3 Å². The average Bonchev–Trinajstić information content (AvgIpc) is 2.59. The van der Waals surface area contributed by atoms with Crippen molar-refractivity contribution in [1.29, 1.82) is 0 Å². The normalized spacial score (nSPS) is 21.6. The maximum atomic E-state index is 13.6. The molecular formula is C14H20ClFN2. The van der Waals surface area contributed by atoms with E-state index in [1.54, 1.807) is 12.1 Å². The van der Waals surface area contributed by atoms with Crippen LogP contribution in [0.15, 0.2) is 18.2 Å². The van der Waals surface area contributed by atoms with E-state index in [0.29, 0.717) is 16.8 Å². The Labute approximate surface area is 113 Å². The van der Waals surface area contributed by atoms with Gasteiger partial charge in [-0.05, 0) is 50.6 Å². The Morgan fingerprint density at radius 3 is 3.00 bits per heavy atom. The summed E-state index contributed by atoms with van der Waals surface area (Å²) in [5.74, 6) is -0.226. The molecule has 0 bridgehead atoms. The van der Waals surface area contributed by atoms with Gasteiger partial charge in [-0.15, -0.1) is 0 Å². The first-order chi connectivity index (χ1) is 8.69. The first-order valence-electron chi connectivity index (χ1n) is 6.63. The summed E-state index contributed by atoms with van der Waals surface area (Å²) in [5, 5.41) is 3.86. The second kappa shape index (κ2) is 6.39. The molecule has 2 rings (SSSR count). The molecule has 1 N–H and O–H groups in total. The number of rotatable bonds is 3. The lowest BCUT2D eigenvalue weighted by Crippen LogP contribution is -2.26. The van der Waals surface area contributed by atoms with Crippen molar-refractivity contribution in [2.75, 3.05) is 25.0 Å². The second-order valence-corrected chi connectivity index (χ2v) is 5.27. The standard InChI is InChI=1S/C14H20ClFN2/c1-2-18-8-3-4-12(7-9-18)17-14-10-11(15)5-6-13(14)16/h5-6,10,12,17H,2-4,7-9H2,1H3. The highest BCUT2D eigenvalue weighted by Crippen LogP contribution is 2.23. The molecule has 1 fully saturated rings. The summed E-state index contributed by atoms with van der Waals surface area (Å²) >= 11 is 5.90. The van der Waals surface area contributed by atoms with Gasteiger partial charge >= 0.3 is 0 Å². The molecule has 1 aromatic rings. The highest BCUT2D eigenvalue weighted by atomic mass is 35.5. The van der Waals surface area contributed by atoms with Crippen LogP contribution < -0.4 is 5.32 Å². The van der Waals surface area contributed by atoms with Crippen molar-refractivity contribution < 1.29 is 4.39 Å². The summed E-state index contributed by atoms with van der Waals surface area (Å²) in [6.45, 7) is 5.51. The average molecular weight is 271 g/mol. The molecule has 100 valence electrons. The number of hydrogen-bond acceptors (Lipinski definition) is 2. The summed E-state index contributed by atoms with van der Waals surface area (Å²) in [7, 11) is 0. The summed E-state index contributed by atoms with van der Waals surface area (Å²) in [4.78, 5) is 2.44. The van der Waals surface area contributed by atoms with Crippen LogP contribution in [0, 0.1) is 5.82 Å². The molecule has 2 nitrogen and oxygen atoms in total. The van der Waals surface area contributed by atoms with Crippen LogP contribution >= 0.6 is 11.6 Å². The third kappa shape index (κ3) is 3.59. The maximum Gasteiger partial charge on any atom is 0.146 e. The van der Waals surface area contributed by atoms with Crippen LogP contribution in [0.25, 0.3) is 0 Å². The molecule has 0 radical (unpaired) electrons. The summed E-state index contributed by atoms with van der Waals surface area (Å²) < 4.78 is 13.6. The third-order valence-corrected chi connectivity index (χ3v) is 3.79. The summed E-state index contributed by atoms with van der Waals surface area (Å²) in [5.41, 5.74) is 0.525. The van der Waals surface area contributed by atoms with E-state index in [1.807, 2.05) is 0 Å². The molecule has 0 aromatic heterocycles. The Bertz CT molecular complexity index is 397. The van der Waals surface area contributed by atoms with Crippen LogP contribution in [0.4, 0.5) is 10.1 Å². The number of anilines is 1. The first kappa shape index (κ1) is 13.6. The Morgan fingerprint density at radius 2 is 2.22 bits per heavy atom. The number of hydrogen-bond donors (Lipinski definition) is 1. The molecule has 0 aliphatic carbocycles. The van der Waals surface area contributed by atoms with Gasteiger partial charge in [-0.25, -0.2) is 4.39 Å². The molecule has 1 aliphatic heterocycles. The minimum absolute atomic E-state index is 0.226. The van der Waals surface area contributed by atoms with Gasteiger partial charge in [0.2, 0.25) is 0 Å². The van der Waals surface area contributed by atoms with E-state index in [2.05, 4.69) is 17.1 Å². The Hall–Kier alpha value is -0.800. The van der Waals surface area contributed by atoms with Gasteiger partial charge in [-0.2, -0.15) is 0 Å². The van der Waals surface area contributed by atoms with E-state index < -0.39 is 0 Å². The second-order valence-electron chi connectivity index (χ2n) is 4.83. The maximum absolute atomic E-state index is 13.6. The Balaban J connectivity index is 1.98. The van der Waals surface area contributed by atoms with Crippen LogP contribution in [-0.2, 0) is 0 Å². The number of benzene rings is 1. The summed E-state index contributed by atoms with van der Waals surface area (Å²) in [6.07, 6.45) is 3.30. The highest BCUT2D eigenvalue weighted by Gasteiger charge is 2.17. The molecule has 4 heteroatoms. The number of nitrogens with one attached hydrogen (secondary N) is 1. The molecular weight excluding hydrogens is 251 g/mol. The zero-order valence-corrected chi connectivity index (χ0v) is 11.5. The molecule has 0 spiro atoms. The summed E-state index contributed by atoms with van der Waals surface area (Å²) in [6, 6.07) is 5.00. The van der Waals surface area contributed by atoms with E-state index in [9.17, 15) is 4.39 Å². The highest BCUT2D eigenvalue weighted by molar-refractivity contribution is 6.30. The minimum atomic E-state index is -0.226. The van der Waals surface area contributed by atoms with Gasteiger partial charge in [0, 0.05) is 17.6 Å². The van der Waals surface area contributed by atoms with Crippen LogP contribution in [0.2, 0.25) is 5.02 Å². The minimum Gasteiger partial charge on any atom is -0.380 e. The molecule has 1 unspecified atom stereocenters. The topological polar surface area (TPSA) is 15.3 Å². The van der Waals surface area contributed by atoms with Crippen molar-refractivity contribution in [3.8, 4) is 0 Å². The van der Waals surface area contributed by atoms with Crippen molar-refractivity contribution in [2.24, 2.45) is 0 Å². The predicted molar refractivity (Wildman–Crippen MR) is 74.8 cm³/mol. The zero-order valence-electron chi connectivity index (χ0n) is 10.8. The van der Waals surface area contributed by atoms with Crippen molar-refractivity contribution in [1.82, 2.24) is 4.90 Å². The lowest BCUT2D eigenvalue weighted by molar-refractivity contribution is 0.300. The number of nitrogens with zero attached hydrogens (tertiary/aromatic N) is 1. The van der Waals surface area contributed by atoms with Crippen molar-refractivity contribution in [3.63, 3.8) is 0 Å². The predicted octanol–water partition coefficient (Wildman–Crippen LogP) is 3.77. The van der Waals surface area contributed by atoms with E-state index in [1.165, 1.54) is 6.07 Å². The van der Waals surface area contributed by atoms with E-state index >= 15 is 0 Å². The molecule has 18 heavy (non-hydrogen) atoms. The Morgan fingerprint density at radius 1 is 1.39 bits per heavy atom. The molecule has 1 heterocycles. The molecule has 0 saturated carbocycles. The lowest BCUT2D eigenvalue weighted by Gasteiger charge is -2.19. The Kier molecular flexibility index (Phi) is 4.84. The molecule has 0 amide bonds.